The molecule has 0 saturated carbocycles. The van der Waals surface area contributed by atoms with Crippen LogP contribution < -0.4 is 0 Å². The summed E-state index contributed by atoms with van der Waals surface area (Å²) in [7, 11) is 0. The molecule has 0 bridgehead atoms. The van der Waals surface area contributed by atoms with Crippen molar-refractivity contribution >= 4 is 44.1 Å². The lowest BCUT2D eigenvalue weighted by atomic mass is 9.97. The zero-order chi connectivity index (χ0) is 33.0. The molecule has 0 radical (unpaired) electrons. The molecule has 5 aromatic heterocycles. The van der Waals surface area contributed by atoms with Gasteiger partial charge in [-0.05, 0) is 100 Å². The Morgan fingerprint density at radius 1 is 0.340 bits per heavy atom. The molecule has 0 unspecified atom stereocenters. The van der Waals surface area contributed by atoms with E-state index in [9.17, 15) is 0 Å². The smallest absolute Gasteiger partial charge is 0.163 e. The highest BCUT2D eigenvalue weighted by atomic mass is 16.3. The molecule has 234 valence electrons. The number of aromatic nitrogens is 5. The largest absolute Gasteiger partial charge is 0.454 e. The monoisotopic (exact) mass is 643 g/mol. The van der Waals surface area contributed by atoms with E-state index in [0.29, 0.717) is 11.6 Å². The zero-order valence-electron chi connectivity index (χ0n) is 26.5. The first-order valence-corrected chi connectivity index (χ1v) is 16.3. The predicted molar refractivity (Wildman–Crippen MR) is 197 cm³/mol. The molecule has 0 amide bonds. The van der Waals surface area contributed by atoms with Gasteiger partial charge in [0.1, 0.15) is 28.5 Å². The van der Waals surface area contributed by atoms with E-state index in [1.807, 2.05) is 60.7 Å². The molecule has 50 heavy (non-hydrogen) atoms. The van der Waals surface area contributed by atoms with Crippen LogP contribution >= 0.6 is 0 Å². The van der Waals surface area contributed by atoms with Gasteiger partial charge in [-0.25, -0.2) is 15.0 Å². The van der Waals surface area contributed by atoms with Gasteiger partial charge in [-0.2, -0.15) is 0 Å². The van der Waals surface area contributed by atoms with Crippen LogP contribution in [-0.4, -0.2) is 24.9 Å². The van der Waals surface area contributed by atoms with Crippen molar-refractivity contribution in [3.05, 3.63) is 152 Å². The maximum Gasteiger partial charge on any atom is 0.163 e. The zero-order valence-corrected chi connectivity index (χ0v) is 26.5. The summed E-state index contributed by atoms with van der Waals surface area (Å²) in [5.41, 5.74) is 13.3. The number of fused-ring (bicyclic) bond motifs is 6. The van der Waals surface area contributed by atoms with Crippen LogP contribution in [0.5, 0.6) is 0 Å². The molecule has 0 aliphatic rings. The van der Waals surface area contributed by atoms with Crippen LogP contribution in [0, 0.1) is 0 Å². The Kier molecular flexibility index (Phi) is 6.35. The maximum atomic E-state index is 5.99. The first kappa shape index (κ1) is 28.1. The Morgan fingerprint density at radius 2 is 0.760 bits per heavy atom. The van der Waals surface area contributed by atoms with E-state index < -0.39 is 0 Å². The van der Waals surface area contributed by atoms with E-state index in [0.717, 1.165) is 88.6 Å². The third kappa shape index (κ3) is 4.79. The molecule has 10 aromatic rings. The number of benzene rings is 5. The number of rotatable bonds is 5. The number of furan rings is 2. The van der Waals surface area contributed by atoms with Crippen LogP contribution in [0.3, 0.4) is 0 Å². The predicted octanol–water partition coefficient (Wildman–Crippen LogP) is 10.8. The molecule has 0 saturated heterocycles. The molecule has 0 aliphatic heterocycles. The van der Waals surface area contributed by atoms with Gasteiger partial charge in [0.15, 0.2) is 22.8 Å². The number of hydrogen-bond acceptors (Lipinski definition) is 7. The van der Waals surface area contributed by atoms with Crippen molar-refractivity contribution in [2.45, 2.75) is 0 Å². The molecular formula is C43H25N5O2. The lowest BCUT2D eigenvalue weighted by Crippen LogP contribution is -1.95. The van der Waals surface area contributed by atoms with Crippen LogP contribution in [0.1, 0.15) is 0 Å². The standard InChI is InChI=1S/C43H25N5O2/c1-6-26(20-27(7-1)30-14-16-36-34(23-30)40-38(49-36)12-4-18-44-40)28-8-2-10-32(21-28)42-46-25-47-43(48-42)33-11-3-9-29(22-33)31-15-17-37-35(24-31)41-39(50-37)13-5-19-45-41/h1-25H. The van der Waals surface area contributed by atoms with Crippen LogP contribution in [0.4, 0.5) is 0 Å². The van der Waals surface area contributed by atoms with Crippen LogP contribution in [-0.2, 0) is 0 Å². The highest BCUT2D eigenvalue weighted by molar-refractivity contribution is 6.05. The van der Waals surface area contributed by atoms with Crippen LogP contribution in [0.25, 0.3) is 100 Å². The molecule has 0 atom stereocenters. The van der Waals surface area contributed by atoms with Crippen molar-refractivity contribution in [3.63, 3.8) is 0 Å². The minimum absolute atomic E-state index is 0.609. The molecule has 5 heterocycles. The molecule has 0 spiro atoms. The topological polar surface area (TPSA) is 90.7 Å². The van der Waals surface area contributed by atoms with Gasteiger partial charge in [-0.15, -0.1) is 0 Å². The van der Waals surface area contributed by atoms with E-state index in [1.165, 1.54) is 0 Å². The van der Waals surface area contributed by atoms with Gasteiger partial charge in [0.2, 0.25) is 0 Å². The van der Waals surface area contributed by atoms with Gasteiger partial charge in [0, 0.05) is 34.3 Å². The summed E-state index contributed by atoms with van der Waals surface area (Å²) in [5, 5.41) is 1.99. The first-order valence-electron chi connectivity index (χ1n) is 16.3. The fraction of sp³-hybridized carbons (Fsp3) is 0. The minimum Gasteiger partial charge on any atom is -0.454 e. The van der Waals surface area contributed by atoms with Gasteiger partial charge in [0.25, 0.3) is 0 Å². The Balaban J connectivity index is 0.968. The van der Waals surface area contributed by atoms with Crippen molar-refractivity contribution in [3.8, 4) is 56.2 Å². The second-order valence-corrected chi connectivity index (χ2v) is 12.2. The summed E-state index contributed by atoms with van der Waals surface area (Å²) in [5.74, 6) is 1.22. The van der Waals surface area contributed by atoms with Crippen LogP contribution in [0.15, 0.2) is 161 Å². The Hall–Kier alpha value is -6.99. The van der Waals surface area contributed by atoms with Crippen molar-refractivity contribution in [1.82, 2.24) is 24.9 Å². The Bertz CT molecular complexity index is 2710. The molecular weight excluding hydrogens is 619 g/mol. The summed E-state index contributed by atoms with van der Waals surface area (Å²) < 4.78 is 12.0. The normalized spacial score (nSPS) is 11.6. The number of hydrogen-bond donors (Lipinski definition) is 0. The molecule has 7 heteroatoms. The van der Waals surface area contributed by atoms with E-state index in [-0.39, 0.29) is 0 Å². The fourth-order valence-electron chi connectivity index (χ4n) is 6.68. The summed E-state index contributed by atoms with van der Waals surface area (Å²) in [6.07, 6.45) is 5.17. The summed E-state index contributed by atoms with van der Waals surface area (Å²) in [4.78, 5) is 23.1. The van der Waals surface area contributed by atoms with Gasteiger partial charge in [-0.3, -0.25) is 9.97 Å². The molecule has 5 aromatic carbocycles. The van der Waals surface area contributed by atoms with Gasteiger partial charge < -0.3 is 8.83 Å². The summed E-state index contributed by atoms with van der Waals surface area (Å²) >= 11 is 0. The second kappa shape index (κ2) is 11.3. The van der Waals surface area contributed by atoms with Gasteiger partial charge in [-0.1, -0.05) is 66.7 Å². The number of nitrogens with zero attached hydrogens (tertiary/aromatic N) is 5. The Labute approximate surface area is 285 Å². The molecule has 0 aliphatic carbocycles. The van der Waals surface area contributed by atoms with E-state index in [4.69, 9.17) is 13.8 Å². The second-order valence-electron chi connectivity index (χ2n) is 12.2. The first-order chi connectivity index (χ1) is 24.7. The van der Waals surface area contributed by atoms with Crippen molar-refractivity contribution in [2.75, 3.05) is 0 Å². The summed E-state index contributed by atoms with van der Waals surface area (Å²) in [6.45, 7) is 0. The van der Waals surface area contributed by atoms with E-state index in [2.05, 4.69) is 92.7 Å². The molecule has 0 N–H and O–H groups in total. The summed E-state index contributed by atoms with van der Waals surface area (Å²) in [6, 6.07) is 45.2. The fourth-order valence-corrected chi connectivity index (χ4v) is 6.68. The lowest BCUT2D eigenvalue weighted by Gasteiger charge is -2.09. The maximum absolute atomic E-state index is 5.99. The number of pyridine rings is 2. The van der Waals surface area contributed by atoms with E-state index >= 15 is 0 Å². The third-order valence-corrected chi connectivity index (χ3v) is 9.13. The van der Waals surface area contributed by atoms with Crippen molar-refractivity contribution in [2.24, 2.45) is 0 Å². The SMILES string of the molecule is c1cc(-c2cccc(-c3ncnc(-c4cccc(-c5ccc6oc7cccnc7c6c5)c4)n3)c2)cc(-c2ccc3oc4cccnc4c3c2)c1. The molecule has 0 fully saturated rings. The minimum atomic E-state index is 0.609. The Morgan fingerprint density at radius 3 is 1.24 bits per heavy atom. The average molecular weight is 644 g/mol. The highest BCUT2D eigenvalue weighted by Crippen LogP contribution is 2.35. The van der Waals surface area contributed by atoms with E-state index in [1.54, 1.807) is 18.7 Å². The lowest BCUT2D eigenvalue weighted by molar-refractivity contribution is 0.668. The quantitative estimate of drug-likeness (QED) is 0.184. The molecule has 10 rings (SSSR count). The van der Waals surface area contributed by atoms with Gasteiger partial charge >= 0.3 is 0 Å². The van der Waals surface area contributed by atoms with Gasteiger partial charge in [0.05, 0.1) is 0 Å². The molecule has 7 nitrogen and oxygen atoms in total. The third-order valence-electron chi connectivity index (χ3n) is 9.13. The van der Waals surface area contributed by atoms with Crippen molar-refractivity contribution in [1.29, 1.82) is 0 Å². The van der Waals surface area contributed by atoms with Crippen LogP contribution in [0.2, 0.25) is 0 Å². The highest BCUT2D eigenvalue weighted by Gasteiger charge is 2.13. The average Bonchev–Trinajstić information content (AvgIpc) is 3.76. The van der Waals surface area contributed by atoms with Crippen molar-refractivity contribution < 1.29 is 8.83 Å².